The fraction of sp³-hybridized carbons (Fsp3) is 0.250. The average molecular weight is 265 g/mol. The van der Waals surface area contributed by atoms with E-state index in [1.807, 2.05) is 0 Å². The lowest BCUT2D eigenvalue weighted by Gasteiger charge is -2.08. The summed E-state index contributed by atoms with van der Waals surface area (Å²) in [5.74, 6) is -0.399. The lowest BCUT2D eigenvalue weighted by atomic mass is 10.1. The molecule has 19 heavy (non-hydrogen) atoms. The van der Waals surface area contributed by atoms with Gasteiger partial charge in [-0.2, -0.15) is 4.99 Å². The van der Waals surface area contributed by atoms with Crippen LogP contribution in [0.3, 0.4) is 0 Å². The van der Waals surface area contributed by atoms with Crippen LogP contribution >= 0.6 is 0 Å². The largest absolute Gasteiger partial charge is 0.496 e. The zero-order chi connectivity index (χ0) is 14.4. The van der Waals surface area contributed by atoms with E-state index in [-0.39, 0.29) is 23.8 Å². The third-order valence-corrected chi connectivity index (χ3v) is 2.24. The Bertz CT molecular complexity index is 526. The standard InChI is InChI=1S/C12H15N3O4/c1-3-19-12(17)15-10(13)7-4-5-8(11(14)16)9(6-7)18-2/h4-6H,3H2,1-2H3,(H2,14,16)(H2,13,15,17). The molecule has 7 nitrogen and oxygen atoms in total. The van der Waals surface area contributed by atoms with Gasteiger partial charge in [-0.1, -0.05) is 6.07 Å². The molecule has 0 fully saturated rings. The van der Waals surface area contributed by atoms with Gasteiger partial charge in [0.1, 0.15) is 11.6 Å². The molecule has 102 valence electrons. The van der Waals surface area contributed by atoms with Crippen molar-refractivity contribution in [1.29, 1.82) is 0 Å². The lowest BCUT2D eigenvalue weighted by Crippen LogP contribution is -2.18. The first kappa shape index (κ1) is 14.5. The van der Waals surface area contributed by atoms with Crippen molar-refractivity contribution in [3.63, 3.8) is 0 Å². The molecule has 1 aromatic rings. The lowest BCUT2D eigenvalue weighted by molar-refractivity contribution is 0.0997. The number of hydrogen-bond donors (Lipinski definition) is 2. The number of hydrogen-bond acceptors (Lipinski definition) is 4. The quantitative estimate of drug-likeness (QED) is 0.612. The van der Waals surface area contributed by atoms with Crippen LogP contribution in [0, 0.1) is 0 Å². The molecule has 7 heteroatoms. The topological polar surface area (TPSA) is 117 Å². The van der Waals surface area contributed by atoms with Gasteiger partial charge in [-0.05, 0) is 19.1 Å². The van der Waals surface area contributed by atoms with Gasteiger partial charge in [-0.3, -0.25) is 4.79 Å². The minimum absolute atomic E-state index is 0.0345. The van der Waals surface area contributed by atoms with Gasteiger partial charge < -0.3 is 20.9 Å². The van der Waals surface area contributed by atoms with E-state index < -0.39 is 12.0 Å². The second kappa shape index (κ2) is 6.39. The van der Waals surface area contributed by atoms with Crippen molar-refractivity contribution in [3.8, 4) is 5.75 Å². The molecule has 0 aliphatic carbocycles. The number of primary amides is 1. The normalized spacial score (nSPS) is 10.9. The van der Waals surface area contributed by atoms with E-state index in [0.717, 1.165) is 0 Å². The summed E-state index contributed by atoms with van der Waals surface area (Å²) in [6.45, 7) is 1.87. The summed E-state index contributed by atoms with van der Waals surface area (Å²) in [6.07, 6.45) is -0.780. The van der Waals surface area contributed by atoms with Crippen LogP contribution < -0.4 is 16.2 Å². The Morgan fingerprint density at radius 3 is 2.53 bits per heavy atom. The van der Waals surface area contributed by atoms with Crippen molar-refractivity contribution in [3.05, 3.63) is 29.3 Å². The van der Waals surface area contributed by atoms with Crippen LogP contribution in [0.1, 0.15) is 22.8 Å². The molecule has 0 spiro atoms. The van der Waals surface area contributed by atoms with Gasteiger partial charge in [0.25, 0.3) is 5.91 Å². The molecule has 1 aromatic carbocycles. The summed E-state index contributed by atoms with van der Waals surface area (Å²) in [5, 5.41) is 0. The number of benzene rings is 1. The number of nitrogens with two attached hydrogens (primary N) is 2. The van der Waals surface area contributed by atoms with Crippen LogP contribution in [-0.4, -0.2) is 31.6 Å². The monoisotopic (exact) mass is 265 g/mol. The minimum atomic E-state index is -0.780. The van der Waals surface area contributed by atoms with Gasteiger partial charge in [0.2, 0.25) is 0 Å². The van der Waals surface area contributed by atoms with Gasteiger partial charge >= 0.3 is 6.09 Å². The Morgan fingerprint density at radius 2 is 2.00 bits per heavy atom. The molecular weight excluding hydrogens is 250 g/mol. The highest BCUT2D eigenvalue weighted by atomic mass is 16.5. The first-order valence-electron chi connectivity index (χ1n) is 5.48. The molecular formula is C12H15N3O4. The Kier molecular flexibility index (Phi) is 4.87. The molecule has 0 bridgehead atoms. The smallest absolute Gasteiger partial charge is 0.435 e. The molecule has 0 heterocycles. The number of rotatable bonds is 4. The Morgan fingerprint density at radius 1 is 1.32 bits per heavy atom. The second-order valence-electron chi connectivity index (χ2n) is 3.48. The van der Waals surface area contributed by atoms with Crippen molar-refractivity contribution in [2.75, 3.05) is 13.7 Å². The number of methoxy groups -OCH3 is 1. The van der Waals surface area contributed by atoms with Gasteiger partial charge in [-0.15, -0.1) is 0 Å². The zero-order valence-electron chi connectivity index (χ0n) is 10.7. The van der Waals surface area contributed by atoms with Crippen molar-refractivity contribution in [2.45, 2.75) is 6.92 Å². The first-order valence-corrected chi connectivity index (χ1v) is 5.48. The summed E-state index contributed by atoms with van der Waals surface area (Å²) in [5.41, 5.74) is 11.5. The number of ether oxygens (including phenoxy) is 2. The van der Waals surface area contributed by atoms with Crippen LogP contribution in [0.25, 0.3) is 0 Å². The van der Waals surface area contributed by atoms with E-state index in [9.17, 15) is 9.59 Å². The van der Waals surface area contributed by atoms with E-state index in [4.69, 9.17) is 16.2 Å². The fourth-order valence-corrected chi connectivity index (χ4v) is 1.37. The predicted molar refractivity (Wildman–Crippen MR) is 69.3 cm³/mol. The van der Waals surface area contributed by atoms with Crippen molar-refractivity contribution in [1.82, 2.24) is 0 Å². The average Bonchev–Trinajstić information content (AvgIpc) is 2.37. The van der Waals surface area contributed by atoms with Crippen molar-refractivity contribution >= 4 is 17.8 Å². The molecule has 0 saturated heterocycles. The summed E-state index contributed by atoms with van der Waals surface area (Å²) < 4.78 is 9.66. The third kappa shape index (κ3) is 3.70. The summed E-state index contributed by atoms with van der Waals surface area (Å²) in [6, 6.07) is 4.43. The van der Waals surface area contributed by atoms with Gasteiger partial charge in [0.05, 0.1) is 19.3 Å². The SMILES string of the molecule is CCOC(=O)N=C(N)c1ccc(C(N)=O)c(OC)c1. The summed E-state index contributed by atoms with van der Waals surface area (Å²) in [7, 11) is 1.39. The number of nitrogens with zero attached hydrogens (tertiary/aromatic N) is 1. The maximum absolute atomic E-state index is 11.2. The van der Waals surface area contributed by atoms with Gasteiger partial charge in [-0.25, -0.2) is 4.79 Å². The molecule has 2 amide bonds. The van der Waals surface area contributed by atoms with Gasteiger partial charge in [0, 0.05) is 5.56 Å². The number of amides is 2. The molecule has 0 atom stereocenters. The van der Waals surface area contributed by atoms with Crippen LogP contribution in [-0.2, 0) is 4.74 Å². The third-order valence-electron chi connectivity index (χ3n) is 2.24. The highest BCUT2D eigenvalue weighted by molar-refractivity contribution is 6.04. The molecule has 0 unspecified atom stereocenters. The van der Waals surface area contributed by atoms with Crippen LogP contribution in [0.4, 0.5) is 4.79 Å². The minimum Gasteiger partial charge on any atom is -0.496 e. The Hall–Kier alpha value is -2.57. The van der Waals surface area contributed by atoms with Crippen molar-refractivity contribution < 1.29 is 19.1 Å². The highest BCUT2D eigenvalue weighted by Crippen LogP contribution is 2.19. The van der Waals surface area contributed by atoms with Crippen LogP contribution in [0.5, 0.6) is 5.75 Å². The predicted octanol–water partition coefficient (Wildman–Crippen LogP) is 0.656. The Labute approximate surface area is 110 Å². The maximum Gasteiger partial charge on any atom is 0.435 e. The number of carbonyl (C=O) groups excluding carboxylic acids is 2. The van der Waals surface area contributed by atoms with E-state index >= 15 is 0 Å². The zero-order valence-corrected chi connectivity index (χ0v) is 10.7. The molecule has 0 aliphatic heterocycles. The van der Waals surface area contributed by atoms with E-state index in [2.05, 4.69) is 9.73 Å². The molecule has 0 saturated carbocycles. The van der Waals surface area contributed by atoms with Gasteiger partial charge in [0.15, 0.2) is 0 Å². The van der Waals surface area contributed by atoms with Crippen molar-refractivity contribution in [2.24, 2.45) is 16.5 Å². The molecule has 0 aliphatic rings. The summed E-state index contributed by atoms with van der Waals surface area (Å²) >= 11 is 0. The second-order valence-corrected chi connectivity index (χ2v) is 3.48. The Balaban J connectivity index is 3.08. The number of carbonyl (C=O) groups is 2. The first-order chi connectivity index (χ1) is 8.99. The summed E-state index contributed by atoms with van der Waals surface area (Å²) in [4.78, 5) is 25.8. The number of amidine groups is 1. The fourth-order valence-electron chi connectivity index (χ4n) is 1.37. The number of aliphatic imine (C=N–C) groups is 1. The highest BCUT2D eigenvalue weighted by Gasteiger charge is 2.11. The van der Waals surface area contributed by atoms with Crippen LogP contribution in [0.2, 0.25) is 0 Å². The van der Waals surface area contributed by atoms with Crippen LogP contribution in [0.15, 0.2) is 23.2 Å². The van der Waals surface area contributed by atoms with E-state index in [0.29, 0.717) is 5.56 Å². The molecule has 4 N–H and O–H groups in total. The molecule has 0 aromatic heterocycles. The van der Waals surface area contributed by atoms with E-state index in [1.54, 1.807) is 6.92 Å². The maximum atomic E-state index is 11.2. The molecule has 0 radical (unpaired) electrons. The molecule has 1 rings (SSSR count). The van der Waals surface area contributed by atoms with E-state index in [1.165, 1.54) is 25.3 Å².